The molecule has 0 unspecified atom stereocenters. The zero-order valence-electron chi connectivity index (χ0n) is 25.5. The van der Waals surface area contributed by atoms with E-state index in [1.54, 1.807) is 6.92 Å². The van der Waals surface area contributed by atoms with Gasteiger partial charge in [-0.2, -0.15) is 32.4 Å². The lowest BCUT2D eigenvalue weighted by Crippen LogP contribution is -2.18. The second-order valence-corrected chi connectivity index (χ2v) is 10.2. The van der Waals surface area contributed by atoms with Gasteiger partial charge in [-0.1, -0.05) is 0 Å². The van der Waals surface area contributed by atoms with Crippen LogP contribution in [0.15, 0.2) is 60.7 Å². The molecular weight excluding hydrogens is 717 g/mol. The van der Waals surface area contributed by atoms with Crippen LogP contribution in [-0.4, -0.2) is 59.5 Å². The van der Waals surface area contributed by atoms with Crippen LogP contribution in [0.1, 0.15) is 29.2 Å². The third kappa shape index (κ3) is 8.74. The summed E-state index contributed by atoms with van der Waals surface area (Å²) in [6, 6.07) is 12.9. The minimum absolute atomic E-state index is 0.0500. The van der Waals surface area contributed by atoms with Crippen molar-refractivity contribution in [2.24, 2.45) is 0 Å². The molecule has 0 amide bonds. The minimum Gasteiger partial charge on any atom is -0.406 e. The highest BCUT2D eigenvalue weighted by molar-refractivity contribution is 5.65. The first-order chi connectivity index (χ1) is 23.8. The van der Waals surface area contributed by atoms with E-state index < -0.39 is 42.7 Å². The molecule has 4 aromatic heterocycles. The van der Waals surface area contributed by atoms with E-state index in [0.717, 1.165) is 16.6 Å². The molecule has 0 aliphatic heterocycles. The fourth-order valence-electron chi connectivity index (χ4n) is 4.56. The SMILES string of the molecule is COCc1cc(-c2ccc3nnc(C(F)(F)F)n3n2)ccc1OC(F)(F)F.Cc1cc(OC(F)(F)F)ccc1-c1ccc2nnc(C(F)F)n2n1. The van der Waals surface area contributed by atoms with E-state index in [9.17, 15) is 48.3 Å². The lowest BCUT2D eigenvalue weighted by Gasteiger charge is -2.14. The number of alkyl halides is 11. The fraction of sp³-hybridized carbons (Fsp3) is 0.241. The first kappa shape index (κ1) is 36.6. The second-order valence-electron chi connectivity index (χ2n) is 10.2. The zero-order chi connectivity index (χ0) is 37.3. The smallest absolute Gasteiger partial charge is 0.406 e. The topological polar surface area (TPSA) is 114 Å². The van der Waals surface area contributed by atoms with E-state index in [-0.39, 0.29) is 40.5 Å². The Labute approximate surface area is 277 Å². The number of methoxy groups -OCH3 is 1. The molecule has 22 heteroatoms. The maximum absolute atomic E-state index is 13.0. The molecular formula is C29H19F11N8O3. The van der Waals surface area contributed by atoms with Gasteiger partial charge in [0.15, 0.2) is 11.3 Å². The zero-order valence-corrected chi connectivity index (χ0v) is 25.5. The van der Waals surface area contributed by atoms with Gasteiger partial charge in [-0.25, -0.2) is 8.78 Å². The first-order valence-corrected chi connectivity index (χ1v) is 13.9. The highest BCUT2D eigenvalue weighted by Crippen LogP contribution is 2.33. The van der Waals surface area contributed by atoms with Gasteiger partial charge in [-0.3, -0.25) is 0 Å². The Balaban J connectivity index is 0.000000199. The summed E-state index contributed by atoms with van der Waals surface area (Å²) in [6.45, 7) is 1.35. The van der Waals surface area contributed by atoms with E-state index in [1.165, 1.54) is 55.6 Å². The van der Waals surface area contributed by atoms with Crippen molar-refractivity contribution in [3.8, 4) is 34.0 Å². The lowest BCUT2D eigenvalue weighted by atomic mass is 10.1. The summed E-state index contributed by atoms with van der Waals surface area (Å²) in [7, 11) is 1.28. The van der Waals surface area contributed by atoms with Gasteiger partial charge in [0, 0.05) is 23.8 Å². The van der Waals surface area contributed by atoms with Crippen molar-refractivity contribution in [3.63, 3.8) is 0 Å². The average Bonchev–Trinajstić information content (AvgIpc) is 3.65. The summed E-state index contributed by atoms with van der Waals surface area (Å²) in [6.07, 6.45) is -17.3. The average molecular weight is 737 g/mol. The highest BCUT2D eigenvalue weighted by atomic mass is 19.4. The number of aryl methyl sites for hydroxylation is 1. The van der Waals surface area contributed by atoms with E-state index in [1.807, 2.05) is 0 Å². The first-order valence-electron chi connectivity index (χ1n) is 13.9. The summed E-state index contributed by atoms with van der Waals surface area (Å²) >= 11 is 0. The van der Waals surface area contributed by atoms with Gasteiger partial charge in [0.05, 0.1) is 18.0 Å². The van der Waals surface area contributed by atoms with Crippen LogP contribution in [0, 0.1) is 6.92 Å². The van der Waals surface area contributed by atoms with Crippen molar-refractivity contribution >= 4 is 11.3 Å². The Morgan fingerprint density at radius 2 is 1.31 bits per heavy atom. The molecule has 0 saturated heterocycles. The molecule has 4 heterocycles. The number of benzene rings is 2. The summed E-state index contributed by atoms with van der Waals surface area (Å²) in [4.78, 5) is 0. The van der Waals surface area contributed by atoms with Gasteiger partial charge >= 0.3 is 18.9 Å². The van der Waals surface area contributed by atoms with Crippen LogP contribution in [0.2, 0.25) is 0 Å². The van der Waals surface area contributed by atoms with Crippen LogP contribution in [0.4, 0.5) is 48.3 Å². The standard InChI is InChI=1S/C15H10F6N4O2.C14H9F5N4O/c1-26-7-9-6-8(2-4-11(9)27-15(19,20)21)10-3-5-12-22-23-13(14(16,17)18)25(12)24-10;1-7-6-8(24-14(17,18)19)2-3-9(7)10-4-5-11-20-21-13(12(15)16)23(11)22-10/h2-6H,7H2,1H3;2-6,12H,1H3. The maximum Gasteiger partial charge on any atom is 0.573 e. The largest absolute Gasteiger partial charge is 0.573 e. The van der Waals surface area contributed by atoms with Crippen molar-refractivity contribution in [1.29, 1.82) is 0 Å². The Hall–Kier alpha value is -5.67. The van der Waals surface area contributed by atoms with Crippen molar-refractivity contribution < 1.29 is 62.5 Å². The Morgan fingerprint density at radius 3 is 1.92 bits per heavy atom. The molecule has 6 aromatic rings. The summed E-state index contributed by atoms with van der Waals surface area (Å²) in [5.41, 5.74) is 1.61. The van der Waals surface area contributed by atoms with Crippen LogP contribution in [0.3, 0.4) is 0 Å². The second kappa shape index (κ2) is 13.9. The van der Waals surface area contributed by atoms with Gasteiger partial charge in [-0.05, 0) is 73.2 Å². The number of rotatable bonds is 7. The molecule has 0 aliphatic carbocycles. The van der Waals surface area contributed by atoms with Crippen molar-refractivity contribution in [1.82, 2.24) is 39.6 Å². The number of hydrogen-bond donors (Lipinski definition) is 0. The number of ether oxygens (including phenoxy) is 3. The highest BCUT2D eigenvalue weighted by Gasteiger charge is 2.38. The third-order valence-electron chi connectivity index (χ3n) is 6.59. The van der Waals surface area contributed by atoms with Crippen LogP contribution in [-0.2, 0) is 17.5 Å². The van der Waals surface area contributed by atoms with Crippen LogP contribution >= 0.6 is 0 Å². The summed E-state index contributed by atoms with van der Waals surface area (Å²) in [5, 5.41) is 21.3. The quantitative estimate of drug-likeness (QED) is 0.152. The predicted molar refractivity (Wildman–Crippen MR) is 151 cm³/mol. The van der Waals surface area contributed by atoms with E-state index in [2.05, 4.69) is 40.1 Å². The van der Waals surface area contributed by atoms with E-state index >= 15 is 0 Å². The number of halogens is 11. The van der Waals surface area contributed by atoms with Gasteiger partial charge in [-0.15, -0.1) is 46.7 Å². The molecule has 2 aromatic carbocycles. The molecule has 51 heavy (non-hydrogen) atoms. The van der Waals surface area contributed by atoms with Crippen LogP contribution < -0.4 is 9.47 Å². The Kier molecular flexibility index (Phi) is 9.99. The van der Waals surface area contributed by atoms with Gasteiger partial charge in [0.2, 0.25) is 5.82 Å². The number of aromatic nitrogens is 8. The van der Waals surface area contributed by atoms with Crippen LogP contribution in [0.5, 0.6) is 11.5 Å². The summed E-state index contributed by atoms with van der Waals surface area (Å²) in [5.74, 6) is -2.77. The number of fused-ring (bicyclic) bond motifs is 2. The Bertz CT molecular complexity index is 2160. The number of hydrogen-bond acceptors (Lipinski definition) is 9. The third-order valence-corrected chi connectivity index (χ3v) is 6.59. The lowest BCUT2D eigenvalue weighted by molar-refractivity contribution is -0.275. The number of nitrogens with zero attached hydrogens (tertiary/aromatic N) is 8. The molecule has 0 aliphatic rings. The molecule has 0 fully saturated rings. The normalized spacial score (nSPS) is 12.4. The fourth-order valence-corrected chi connectivity index (χ4v) is 4.56. The van der Waals surface area contributed by atoms with Gasteiger partial charge in [0.25, 0.3) is 12.2 Å². The molecule has 0 radical (unpaired) electrons. The predicted octanol–water partition coefficient (Wildman–Crippen LogP) is 7.79. The Morgan fingerprint density at radius 1 is 0.686 bits per heavy atom. The van der Waals surface area contributed by atoms with Gasteiger partial charge < -0.3 is 14.2 Å². The molecule has 0 spiro atoms. The van der Waals surface area contributed by atoms with E-state index in [4.69, 9.17) is 4.74 Å². The van der Waals surface area contributed by atoms with Crippen LogP contribution in [0.25, 0.3) is 33.8 Å². The van der Waals surface area contributed by atoms with Crippen molar-refractivity contribution in [3.05, 3.63) is 83.4 Å². The molecule has 0 saturated carbocycles. The summed E-state index contributed by atoms with van der Waals surface area (Å²) < 4.78 is 153. The monoisotopic (exact) mass is 736 g/mol. The van der Waals surface area contributed by atoms with Gasteiger partial charge in [0.1, 0.15) is 11.5 Å². The molecule has 0 N–H and O–H groups in total. The maximum atomic E-state index is 13.0. The minimum atomic E-state index is -4.90. The van der Waals surface area contributed by atoms with Crippen molar-refractivity contribution in [2.45, 2.75) is 38.9 Å². The molecule has 6 rings (SSSR count). The van der Waals surface area contributed by atoms with E-state index in [0.29, 0.717) is 21.3 Å². The molecule has 0 atom stereocenters. The molecule has 270 valence electrons. The molecule has 0 bridgehead atoms. The molecule has 11 nitrogen and oxygen atoms in total. The van der Waals surface area contributed by atoms with Crippen molar-refractivity contribution in [2.75, 3.05) is 7.11 Å².